The van der Waals surface area contributed by atoms with Crippen LogP contribution in [0, 0.1) is 5.92 Å². The molecule has 132 valence electrons. The Morgan fingerprint density at radius 2 is 1.57 bits per heavy atom. The van der Waals surface area contributed by atoms with Crippen molar-refractivity contribution in [2.24, 2.45) is 5.92 Å². The summed E-state index contributed by atoms with van der Waals surface area (Å²) in [5.41, 5.74) is -0.713. The van der Waals surface area contributed by atoms with E-state index in [0.717, 1.165) is 9.80 Å². The van der Waals surface area contributed by atoms with Gasteiger partial charge in [0.05, 0.1) is 0 Å². The van der Waals surface area contributed by atoms with Crippen LogP contribution in [0.4, 0.5) is 4.79 Å². The first-order valence-electron chi connectivity index (χ1n) is 7.24. The Kier molecular flexibility index (Phi) is 7.21. The standard InChI is InChI=1S/C15H26N2O6/c1-9(8-18)11(13(20)21)17(7)12(19)10(2)16(6)14(22)23-15(3,4)5/h8-11H,1-7H3,(H,20,21)/t9-,10-,11+/m1/s1. The molecule has 0 aliphatic heterocycles. The van der Waals surface area contributed by atoms with Gasteiger partial charge in [-0.1, -0.05) is 6.92 Å². The molecule has 0 spiro atoms. The first kappa shape index (κ1) is 20.9. The van der Waals surface area contributed by atoms with Gasteiger partial charge in [-0.15, -0.1) is 0 Å². The Labute approximate surface area is 136 Å². The maximum absolute atomic E-state index is 12.4. The van der Waals surface area contributed by atoms with Crippen molar-refractivity contribution in [3.8, 4) is 0 Å². The zero-order chi connectivity index (χ0) is 18.5. The summed E-state index contributed by atoms with van der Waals surface area (Å²) in [5, 5.41) is 9.22. The van der Waals surface area contributed by atoms with Crippen LogP contribution in [0.2, 0.25) is 0 Å². The molecule has 0 saturated heterocycles. The van der Waals surface area contributed by atoms with Crippen LogP contribution in [-0.2, 0) is 19.1 Å². The average molecular weight is 330 g/mol. The second-order valence-corrected chi connectivity index (χ2v) is 6.49. The third-order valence-electron chi connectivity index (χ3n) is 3.35. The van der Waals surface area contributed by atoms with Crippen LogP contribution in [0.5, 0.6) is 0 Å². The number of hydrogen-bond acceptors (Lipinski definition) is 5. The van der Waals surface area contributed by atoms with E-state index < -0.39 is 41.6 Å². The first-order valence-corrected chi connectivity index (χ1v) is 7.24. The van der Waals surface area contributed by atoms with Crippen LogP contribution in [0.15, 0.2) is 0 Å². The molecule has 1 N–H and O–H groups in total. The molecule has 0 radical (unpaired) electrons. The van der Waals surface area contributed by atoms with Gasteiger partial charge >= 0.3 is 12.1 Å². The minimum absolute atomic E-state index is 0.477. The number of rotatable bonds is 6. The van der Waals surface area contributed by atoms with E-state index in [1.807, 2.05) is 0 Å². The summed E-state index contributed by atoms with van der Waals surface area (Å²) >= 11 is 0. The second kappa shape index (κ2) is 7.94. The number of nitrogens with zero attached hydrogens (tertiary/aromatic N) is 2. The number of amides is 2. The molecule has 0 heterocycles. The van der Waals surface area contributed by atoms with Gasteiger partial charge < -0.3 is 19.5 Å². The molecular formula is C15H26N2O6. The van der Waals surface area contributed by atoms with Crippen LogP contribution in [0.25, 0.3) is 0 Å². The fraction of sp³-hybridized carbons (Fsp3) is 0.733. The van der Waals surface area contributed by atoms with E-state index in [4.69, 9.17) is 4.74 Å². The van der Waals surface area contributed by atoms with Gasteiger partial charge in [-0.3, -0.25) is 9.69 Å². The molecule has 0 aromatic heterocycles. The molecule has 0 aliphatic rings. The largest absolute Gasteiger partial charge is 0.480 e. The van der Waals surface area contributed by atoms with E-state index in [2.05, 4.69) is 0 Å². The van der Waals surface area contributed by atoms with E-state index in [0.29, 0.717) is 6.29 Å². The lowest BCUT2D eigenvalue weighted by Gasteiger charge is -2.33. The topological polar surface area (TPSA) is 104 Å². The van der Waals surface area contributed by atoms with Crippen LogP contribution in [-0.4, -0.2) is 70.9 Å². The number of carboxylic acid groups (broad SMARTS) is 1. The molecule has 3 atom stereocenters. The second-order valence-electron chi connectivity index (χ2n) is 6.49. The molecule has 23 heavy (non-hydrogen) atoms. The smallest absolute Gasteiger partial charge is 0.410 e. The first-order chi connectivity index (χ1) is 10.3. The summed E-state index contributed by atoms with van der Waals surface area (Å²) in [6, 6.07) is -2.23. The molecule has 0 fully saturated rings. The zero-order valence-corrected chi connectivity index (χ0v) is 14.7. The van der Waals surface area contributed by atoms with E-state index >= 15 is 0 Å². The van der Waals surface area contributed by atoms with Gasteiger partial charge in [-0.25, -0.2) is 9.59 Å². The van der Waals surface area contributed by atoms with Crippen molar-refractivity contribution < 1.29 is 29.0 Å². The molecule has 0 aromatic carbocycles. The Hall–Kier alpha value is -2.12. The molecular weight excluding hydrogens is 304 g/mol. The SMILES string of the molecule is C[C@H](C=O)[C@@H](C(=O)O)N(C)C(=O)[C@@H](C)N(C)C(=O)OC(C)(C)C. The summed E-state index contributed by atoms with van der Waals surface area (Å²) in [6.45, 7) is 7.97. The highest BCUT2D eigenvalue weighted by Crippen LogP contribution is 2.14. The average Bonchev–Trinajstić information content (AvgIpc) is 2.42. The number of likely N-dealkylation sites (N-methyl/N-ethyl adjacent to an activating group) is 2. The molecule has 0 saturated carbocycles. The van der Waals surface area contributed by atoms with Crippen LogP contribution in [0.3, 0.4) is 0 Å². The van der Waals surface area contributed by atoms with Crippen LogP contribution in [0.1, 0.15) is 34.6 Å². The van der Waals surface area contributed by atoms with Crippen molar-refractivity contribution in [1.82, 2.24) is 9.80 Å². The number of carbonyl (C=O) groups excluding carboxylic acids is 3. The number of carbonyl (C=O) groups is 4. The number of ether oxygens (including phenoxy) is 1. The summed E-state index contributed by atoms with van der Waals surface area (Å²) in [4.78, 5) is 48.6. The highest BCUT2D eigenvalue weighted by Gasteiger charge is 2.36. The maximum atomic E-state index is 12.4. The maximum Gasteiger partial charge on any atom is 0.410 e. The number of aliphatic carboxylic acids is 1. The monoisotopic (exact) mass is 330 g/mol. The van der Waals surface area contributed by atoms with Crippen molar-refractivity contribution in [2.75, 3.05) is 14.1 Å². The lowest BCUT2D eigenvalue weighted by atomic mass is 10.0. The summed E-state index contributed by atoms with van der Waals surface area (Å²) in [5.74, 6) is -2.76. The van der Waals surface area contributed by atoms with Crippen molar-refractivity contribution in [3.63, 3.8) is 0 Å². The number of aldehydes is 1. The van der Waals surface area contributed by atoms with E-state index in [-0.39, 0.29) is 0 Å². The highest BCUT2D eigenvalue weighted by molar-refractivity contribution is 5.90. The third-order valence-corrected chi connectivity index (χ3v) is 3.35. The van der Waals surface area contributed by atoms with Crippen molar-refractivity contribution >= 4 is 24.3 Å². The fourth-order valence-corrected chi connectivity index (χ4v) is 1.91. The lowest BCUT2D eigenvalue weighted by Crippen LogP contribution is -2.54. The quantitative estimate of drug-likeness (QED) is 0.728. The summed E-state index contributed by atoms with van der Waals surface area (Å²) in [6.07, 6.45) is -0.216. The van der Waals surface area contributed by atoms with Crippen molar-refractivity contribution in [2.45, 2.75) is 52.3 Å². The molecule has 0 aromatic rings. The minimum Gasteiger partial charge on any atom is -0.480 e. The highest BCUT2D eigenvalue weighted by atomic mass is 16.6. The normalized spacial score (nSPS) is 15.1. The van der Waals surface area contributed by atoms with Gasteiger partial charge in [0.2, 0.25) is 5.91 Å². The van der Waals surface area contributed by atoms with Crippen molar-refractivity contribution in [3.05, 3.63) is 0 Å². The van der Waals surface area contributed by atoms with Gasteiger partial charge in [0.1, 0.15) is 24.0 Å². The molecule has 0 aliphatic carbocycles. The predicted molar refractivity (Wildman–Crippen MR) is 82.9 cm³/mol. The Morgan fingerprint density at radius 3 is 1.91 bits per heavy atom. The summed E-state index contributed by atoms with van der Waals surface area (Å²) < 4.78 is 5.17. The fourth-order valence-electron chi connectivity index (χ4n) is 1.91. The van der Waals surface area contributed by atoms with Gasteiger partial charge in [0, 0.05) is 20.0 Å². The zero-order valence-electron chi connectivity index (χ0n) is 14.7. The minimum atomic E-state index is -1.30. The van der Waals surface area contributed by atoms with Gasteiger partial charge in [-0.2, -0.15) is 0 Å². The molecule has 0 rings (SSSR count). The van der Waals surface area contributed by atoms with Crippen molar-refractivity contribution in [1.29, 1.82) is 0 Å². The van der Waals surface area contributed by atoms with Gasteiger partial charge in [0.25, 0.3) is 0 Å². The van der Waals surface area contributed by atoms with E-state index in [1.54, 1.807) is 20.8 Å². The van der Waals surface area contributed by atoms with Crippen LogP contribution < -0.4 is 0 Å². The molecule has 8 heteroatoms. The van der Waals surface area contributed by atoms with E-state index in [9.17, 15) is 24.3 Å². The van der Waals surface area contributed by atoms with E-state index in [1.165, 1.54) is 27.9 Å². The van der Waals surface area contributed by atoms with Gasteiger partial charge in [-0.05, 0) is 27.7 Å². The molecule has 8 nitrogen and oxygen atoms in total. The predicted octanol–water partition coefficient (Wildman–Crippen LogP) is 0.988. The molecule has 0 bridgehead atoms. The summed E-state index contributed by atoms with van der Waals surface area (Å²) in [7, 11) is 2.68. The number of hydrogen-bond donors (Lipinski definition) is 1. The molecule has 0 unspecified atom stereocenters. The molecule has 2 amide bonds. The Balaban J connectivity index is 5.15. The third kappa shape index (κ3) is 5.88. The Morgan fingerprint density at radius 1 is 1.09 bits per heavy atom. The lowest BCUT2D eigenvalue weighted by molar-refractivity contribution is -0.153. The van der Waals surface area contributed by atoms with Gasteiger partial charge in [0.15, 0.2) is 0 Å². The van der Waals surface area contributed by atoms with Crippen LogP contribution >= 0.6 is 0 Å². The Bertz CT molecular complexity index is 471. The number of carboxylic acids is 1.